The van der Waals surface area contributed by atoms with Gasteiger partial charge in [0.2, 0.25) is 0 Å². The molecule has 0 radical (unpaired) electrons. The first-order valence-corrected chi connectivity index (χ1v) is 10.6. The molecule has 0 saturated heterocycles. The van der Waals surface area contributed by atoms with Crippen molar-refractivity contribution in [3.8, 4) is 16.3 Å². The number of rotatable bonds is 7. The summed E-state index contributed by atoms with van der Waals surface area (Å²) in [4.78, 5) is 15.9. The van der Waals surface area contributed by atoms with Crippen LogP contribution in [0.5, 0.6) is 5.75 Å². The Labute approximate surface area is 165 Å². The molecule has 146 valence electrons. The number of carboxylic acid groups (broad SMARTS) is 1. The number of carbonyl (C=O) groups is 1. The standard InChI is InChI=1S/C19H16FNO5S2/c1-12-17(27-19(21-12)13-2-4-14(20)5-3-13)10-26-15-6-8-16(9-7-15)28(24,25)11-18(22)23/h2-9H,10-11H2,1H3,(H,22,23). The van der Waals surface area contributed by atoms with Gasteiger partial charge >= 0.3 is 5.97 Å². The van der Waals surface area contributed by atoms with Crippen molar-refractivity contribution in [2.75, 3.05) is 5.75 Å². The number of hydrogen-bond donors (Lipinski definition) is 1. The molecule has 0 spiro atoms. The average Bonchev–Trinajstić information content (AvgIpc) is 3.00. The second-order valence-corrected chi connectivity index (χ2v) is 9.02. The number of carboxylic acids is 1. The number of aryl methyl sites for hydroxylation is 1. The first kappa shape index (κ1) is 20.0. The molecule has 1 aromatic heterocycles. The molecular formula is C19H16FNO5S2. The van der Waals surface area contributed by atoms with Crippen LogP contribution in [0.1, 0.15) is 10.6 Å². The van der Waals surface area contributed by atoms with E-state index in [-0.39, 0.29) is 17.3 Å². The van der Waals surface area contributed by atoms with Gasteiger partial charge in [0.25, 0.3) is 0 Å². The maximum absolute atomic E-state index is 13.1. The third-order valence-corrected chi connectivity index (χ3v) is 6.65. The molecule has 0 unspecified atom stereocenters. The molecule has 0 atom stereocenters. The predicted octanol–water partition coefficient (Wildman–Crippen LogP) is 3.69. The van der Waals surface area contributed by atoms with E-state index in [1.165, 1.54) is 47.7 Å². The van der Waals surface area contributed by atoms with Crippen LogP contribution in [-0.2, 0) is 21.2 Å². The third kappa shape index (κ3) is 4.73. The minimum absolute atomic E-state index is 0.0742. The summed E-state index contributed by atoms with van der Waals surface area (Å²) < 4.78 is 42.5. The lowest BCUT2D eigenvalue weighted by atomic mass is 10.2. The topological polar surface area (TPSA) is 93.6 Å². The highest BCUT2D eigenvalue weighted by atomic mass is 32.2. The van der Waals surface area contributed by atoms with Gasteiger partial charge in [-0.3, -0.25) is 4.79 Å². The quantitative estimate of drug-likeness (QED) is 0.625. The average molecular weight is 421 g/mol. The van der Waals surface area contributed by atoms with Gasteiger partial charge in [-0.1, -0.05) is 0 Å². The Balaban J connectivity index is 1.69. The molecule has 28 heavy (non-hydrogen) atoms. The molecule has 0 amide bonds. The molecule has 0 saturated carbocycles. The van der Waals surface area contributed by atoms with E-state index in [9.17, 15) is 17.6 Å². The van der Waals surface area contributed by atoms with Crippen LogP contribution in [0.2, 0.25) is 0 Å². The van der Waals surface area contributed by atoms with E-state index in [1.54, 1.807) is 12.1 Å². The Hall–Kier alpha value is -2.78. The molecule has 0 aliphatic rings. The molecule has 0 bridgehead atoms. The maximum Gasteiger partial charge on any atom is 0.319 e. The van der Waals surface area contributed by atoms with Crippen molar-refractivity contribution in [2.45, 2.75) is 18.4 Å². The van der Waals surface area contributed by atoms with Crippen LogP contribution in [0, 0.1) is 12.7 Å². The van der Waals surface area contributed by atoms with Gasteiger partial charge in [-0.05, 0) is 55.5 Å². The zero-order valence-electron chi connectivity index (χ0n) is 14.8. The number of nitrogens with zero attached hydrogens (tertiary/aromatic N) is 1. The number of sulfone groups is 1. The summed E-state index contributed by atoms with van der Waals surface area (Å²) >= 11 is 1.43. The van der Waals surface area contributed by atoms with Gasteiger partial charge in [-0.25, -0.2) is 17.8 Å². The molecule has 3 rings (SSSR count). The van der Waals surface area contributed by atoms with E-state index in [2.05, 4.69) is 4.98 Å². The highest BCUT2D eigenvalue weighted by molar-refractivity contribution is 7.92. The normalized spacial score (nSPS) is 11.4. The van der Waals surface area contributed by atoms with Crippen LogP contribution in [0.3, 0.4) is 0 Å². The molecule has 0 aliphatic heterocycles. The van der Waals surface area contributed by atoms with Gasteiger partial charge in [0, 0.05) is 5.56 Å². The molecule has 1 N–H and O–H groups in total. The van der Waals surface area contributed by atoms with Crippen molar-refractivity contribution in [3.63, 3.8) is 0 Å². The molecule has 9 heteroatoms. The van der Waals surface area contributed by atoms with Crippen LogP contribution in [-0.4, -0.2) is 30.2 Å². The van der Waals surface area contributed by atoms with Gasteiger partial charge in [0.15, 0.2) is 15.6 Å². The van der Waals surface area contributed by atoms with Crippen molar-refractivity contribution in [1.82, 2.24) is 4.98 Å². The lowest BCUT2D eigenvalue weighted by molar-refractivity contribution is -0.134. The highest BCUT2D eigenvalue weighted by Gasteiger charge is 2.18. The van der Waals surface area contributed by atoms with E-state index in [1.807, 2.05) is 6.92 Å². The zero-order valence-corrected chi connectivity index (χ0v) is 16.4. The number of benzene rings is 2. The zero-order chi connectivity index (χ0) is 20.3. The predicted molar refractivity (Wildman–Crippen MR) is 103 cm³/mol. The Bertz CT molecular complexity index is 1090. The smallest absolute Gasteiger partial charge is 0.319 e. The number of halogens is 1. The minimum atomic E-state index is -3.87. The molecule has 1 heterocycles. The number of ether oxygens (including phenoxy) is 1. The molecule has 0 fully saturated rings. The van der Waals surface area contributed by atoms with Crippen molar-refractivity contribution in [3.05, 3.63) is 64.9 Å². The largest absolute Gasteiger partial charge is 0.488 e. The SMILES string of the molecule is Cc1nc(-c2ccc(F)cc2)sc1COc1ccc(S(=O)(=O)CC(=O)O)cc1. The first-order chi connectivity index (χ1) is 13.2. The fourth-order valence-corrected chi connectivity index (χ4v) is 4.44. The Morgan fingerprint density at radius 2 is 1.79 bits per heavy atom. The second-order valence-electron chi connectivity index (χ2n) is 5.95. The van der Waals surface area contributed by atoms with Crippen molar-refractivity contribution < 1.29 is 27.4 Å². The maximum atomic E-state index is 13.1. The van der Waals surface area contributed by atoms with E-state index in [4.69, 9.17) is 9.84 Å². The number of aliphatic carboxylic acids is 1. The summed E-state index contributed by atoms with van der Waals surface area (Å²) in [6.07, 6.45) is 0. The molecule has 2 aromatic carbocycles. The van der Waals surface area contributed by atoms with Crippen molar-refractivity contribution >= 4 is 27.1 Å². The van der Waals surface area contributed by atoms with Crippen LogP contribution in [0.15, 0.2) is 53.4 Å². The van der Waals surface area contributed by atoms with Gasteiger partial charge in [0.1, 0.15) is 23.2 Å². The minimum Gasteiger partial charge on any atom is -0.488 e. The van der Waals surface area contributed by atoms with E-state index in [0.717, 1.165) is 21.1 Å². The van der Waals surface area contributed by atoms with Crippen molar-refractivity contribution in [2.24, 2.45) is 0 Å². The van der Waals surface area contributed by atoms with Gasteiger partial charge in [-0.15, -0.1) is 11.3 Å². The monoisotopic (exact) mass is 421 g/mol. The number of thiazole rings is 1. The lowest BCUT2D eigenvalue weighted by Crippen LogP contribution is -2.15. The van der Waals surface area contributed by atoms with Gasteiger partial charge in [0.05, 0.1) is 15.5 Å². The fourth-order valence-electron chi connectivity index (χ4n) is 2.42. The summed E-state index contributed by atoms with van der Waals surface area (Å²) in [5.74, 6) is -2.22. The van der Waals surface area contributed by atoms with E-state index in [0.29, 0.717) is 5.75 Å². The summed E-state index contributed by atoms with van der Waals surface area (Å²) in [7, 11) is -3.87. The summed E-state index contributed by atoms with van der Waals surface area (Å²) in [5, 5.41) is 9.43. The van der Waals surface area contributed by atoms with Gasteiger partial charge < -0.3 is 9.84 Å². The second kappa shape index (κ2) is 8.07. The summed E-state index contributed by atoms with van der Waals surface area (Å²) in [6.45, 7) is 2.09. The Morgan fingerprint density at radius 3 is 2.39 bits per heavy atom. The van der Waals surface area contributed by atoms with Crippen LogP contribution in [0.4, 0.5) is 4.39 Å². The summed E-state index contributed by atoms with van der Waals surface area (Å²) in [6, 6.07) is 11.7. The number of hydrogen-bond acceptors (Lipinski definition) is 6. The van der Waals surface area contributed by atoms with Crippen LogP contribution in [0.25, 0.3) is 10.6 Å². The van der Waals surface area contributed by atoms with E-state index < -0.39 is 21.6 Å². The number of aromatic nitrogens is 1. The fraction of sp³-hybridized carbons (Fsp3) is 0.158. The lowest BCUT2D eigenvalue weighted by Gasteiger charge is -2.06. The van der Waals surface area contributed by atoms with Gasteiger partial charge in [-0.2, -0.15) is 0 Å². The van der Waals surface area contributed by atoms with Crippen LogP contribution >= 0.6 is 11.3 Å². The van der Waals surface area contributed by atoms with Crippen molar-refractivity contribution in [1.29, 1.82) is 0 Å². The Morgan fingerprint density at radius 1 is 1.14 bits per heavy atom. The molecule has 6 nitrogen and oxygen atoms in total. The third-order valence-electron chi connectivity index (χ3n) is 3.85. The molecular weight excluding hydrogens is 405 g/mol. The molecule has 0 aliphatic carbocycles. The first-order valence-electron chi connectivity index (χ1n) is 8.14. The van der Waals surface area contributed by atoms with Crippen LogP contribution < -0.4 is 4.74 Å². The highest BCUT2D eigenvalue weighted by Crippen LogP contribution is 2.29. The van der Waals surface area contributed by atoms with E-state index >= 15 is 0 Å². The molecule has 3 aromatic rings. The summed E-state index contributed by atoms with van der Waals surface area (Å²) in [5.41, 5.74) is 1.61. The Kier molecular flexibility index (Phi) is 5.76.